The molecule has 2 atom stereocenters. The zero-order chi connectivity index (χ0) is 12.8. The molecule has 3 heterocycles. The molecule has 0 radical (unpaired) electrons. The molecule has 3 aliphatic rings. The first-order valence-corrected chi connectivity index (χ1v) is 7.55. The van der Waals surface area contributed by atoms with Gasteiger partial charge in [0.15, 0.2) is 0 Å². The summed E-state index contributed by atoms with van der Waals surface area (Å²) in [5.74, 6) is 1.09. The largest absolute Gasteiger partial charge is 0.493 e. The minimum Gasteiger partial charge on any atom is -0.493 e. The molecule has 0 amide bonds. The highest BCUT2D eigenvalue weighted by atomic mass is 16.5. The van der Waals surface area contributed by atoms with E-state index in [1.54, 1.807) is 0 Å². The van der Waals surface area contributed by atoms with Gasteiger partial charge in [-0.25, -0.2) is 0 Å². The van der Waals surface area contributed by atoms with Gasteiger partial charge in [0.2, 0.25) is 0 Å². The Kier molecular flexibility index (Phi) is 2.78. The standard InChI is InChI=1S/C16H22N2O/c17-13-8-14-2-3-15(9-13)18(14)10-11-1-4-16-12(7-11)5-6-19-16/h1,4,7,13-15H,2-3,5-6,8-10,17H2. The number of hydrogen-bond acceptors (Lipinski definition) is 3. The summed E-state index contributed by atoms with van der Waals surface area (Å²) in [6, 6.07) is 8.60. The van der Waals surface area contributed by atoms with Crippen LogP contribution in [0.1, 0.15) is 36.8 Å². The molecule has 2 saturated heterocycles. The average Bonchev–Trinajstić information content (AvgIpc) is 2.94. The maximum atomic E-state index is 6.14. The Morgan fingerprint density at radius 1 is 1.21 bits per heavy atom. The zero-order valence-corrected chi connectivity index (χ0v) is 11.3. The van der Waals surface area contributed by atoms with Gasteiger partial charge in [-0.05, 0) is 42.9 Å². The van der Waals surface area contributed by atoms with Crippen molar-refractivity contribution >= 4 is 0 Å². The van der Waals surface area contributed by atoms with Gasteiger partial charge in [0.25, 0.3) is 0 Å². The Morgan fingerprint density at radius 2 is 2.00 bits per heavy atom. The SMILES string of the molecule is NC1CC2CCC(C1)N2Cc1ccc2c(c1)CCO2. The lowest BCUT2D eigenvalue weighted by atomic mass is 9.97. The lowest BCUT2D eigenvalue weighted by Crippen LogP contribution is -2.46. The fourth-order valence-corrected chi connectivity index (χ4v) is 4.12. The Labute approximate surface area is 114 Å². The van der Waals surface area contributed by atoms with Crippen LogP contribution in [-0.4, -0.2) is 29.6 Å². The monoisotopic (exact) mass is 258 g/mol. The second kappa shape index (κ2) is 4.50. The number of nitrogens with two attached hydrogens (primary N) is 1. The van der Waals surface area contributed by atoms with Crippen LogP contribution in [0, 0.1) is 0 Å². The minimum atomic E-state index is 0.433. The molecule has 4 rings (SSSR count). The van der Waals surface area contributed by atoms with Gasteiger partial charge in [0.1, 0.15) is 5.75 Å². The van der Waals surface area contributed by atoms with E-state index in [-0.39, 0.29) is 0 Å². The molecule has 3 aliphatic heterocycles. The molecule has 2 N–H and O–H groups in total. The first-order chi connectivity index (χ1) is 9.29. The van der Waals surface area contributed by atoms with Crippen molar-refractivity contribution in [3.63, 3.8) is 0 Å². The van der Waals surface area contributed by atoms with E-state index in [1.807, 2.05) is 0 Å². The van der Waals surface area contributed by atoms with E-state index < -0.39 is 0 Å². The summed E-state index contributed by atoms with van der Waals surface area (Å²) in [5, 5.41) is 0. The van der Waals surface area contributed by atoms with E-state index in [0.29, 0.717) is 6.04 Å². The van der Waals surface area contributed by atoms with Crippen molar-refractivity contribution in [3.8, 4) is 5.75 Å². The summed E-state index contributed by atoms with van der Waals surface area (Å²) in [6.45, 7) is 1.94. The highest BCUT2D eigenvalue weighted by molar-refractivity contribution is 5.39. The molecule has 2 unspecified atom stereocenters. The second-order valence-electron chi connectivity index (χ2n) is 6.33. The van der Waals surface area contributed by atoms with E-state index >= 15 is 0 Å². The van der Waals surface area contributed by atoms with Crippen LogP contribution in [0.4, 0.5) is 0 Å². The molecule has 3 nitrogen and oxygen atoms in total. The van der Waals surface area contributed by atoms with E-state index in [9.17, 15) is 0 Å². The molecule has 0 aliphatic carbocycles. The van der Waals surface area contributed by atoms with Gasteiger partial charge in [-0.15, -0.1) is 0 Å². The van der Waals surface area contributed by atoms with Crippen LogP contribution in [-0.2, 0) is 13.0 Å². The quantitative estimate of drug-likeness (QED) is 0.882. The van der Waals surface area contributed by atoms with Crippen molar-refractivity contribution in [1.29, 1.82) is 0 Å². The fourth-order valence-electron chi connectivity index (χ4n) is 4.12. The van der Waals surface area contributed by atoms with Crippen molar-refractivity contribution in [1.82, 2.24) is 4.90 Å². The summed E-state index contributed by atoms with van der Waals surface area (Å²) in [7, 11) is 0. The van der Waals surface area contributed by atoms with Gasteiger partial charge in [0, 0.05) is 31.1 Å². The molecule has 1 aromatic rings. The molecule has 3 heteroatoms. The van der Waals surface area contributed by atoms with Crippen LogP contribution in [0.3, 0.4) is 0 Å². The van der Waals surface area contributed by atoms with Crippen LogP contribution in [0.15, 0.2) is 18.2 Å². The van der Waals surface area contributed by atoms with Crippen LogP contribution in [0.2, 0.25) is 0 Å². The predicted octanol–water partition coefficient (Wildman–Crippen LogP) is 2.08. The summed E-state index contributed by atoms with van der Waals surface area (Å²) in [4.78, 5) is 2.70. The predicted molar refractivity (Wildman–Crippen MR) is 75.2 cm³/mol. The van der Waals surface area contributed by atoms with Crippen molar-refractivity contribution in [2.75, 3.05) is 6.61 Å². The highest BCUT2D eigenvalue weighted by Crippen LogP contribution is 2.36. The molecule has 19 heavy (non-hydrogen) atoms. The molecule has 2 fully saturated rings. The van der Waals surface area contributed by atoms with Gasteiger partial charge in [-0.3, -0.25) is 4.90 Å². The van der Waals surface area contributed by atoms with Crippen LogP contribution < -0.4 is 10.5 Å². The Hall–Kier alpha value is -1.06. The third kappa shape index (κ3) is 2.05. The molecule has 0 aromatic heterocycles. The van der Waals surface area contributed by atoms with Crippen LogP contribution >= 0.6 is 0 Å². The van der Waals surface area contributed by atoms with E-state index in [0.717, 1.165) is 37.4 Å². The van der Waals surface area contributed by atoms with Crippen molar-refractivity contribution in [2.24, 2.45) is 5.73 Å². The Morgan fingerprint density at radius 3 is 2.79 bits per heavy atom. The number of fused-ring (bicyclic) bond motifs is 3. The Balaban J connectivity index is 1.53. The van der Waals surface area contributed by atoms with Crippen molar-refractivity contribution < 1.29 is 4.74 Å². The van der Waals surface area contributed by atoms with Crippen molar-refractivity contribution in [3.05, 3.63) is 29.3 Å². The van der Waals surface area contributed by atoms with Crippen molar-refractivity contribution in [2.45, 2.75) is 56.8 Å². The first kappa shape index (κ1) is 11.7. The van der Waals surface area contributed by atoms with Gasteiger partial charge < -0.3 is 10.5 Å². The van der Waals surface area contributed by atoms with E-state index in [2.05, 4.69) is 23.1 Å². The topological polar surface area (TPSA) is 38.5 Å². The smallest absolute Gasteiger partial charge is 0.122 e. The second-order valence-corrected chi connectivity index (χ2v) is 6.33. The number of hydrogen-bond donors (Lipinski definition) is 1. The molecule has 0 saturated carbocycles. The summed E-state index contributed by atoms with van der Waals surface area (Å²) in [6.07, 6.45) is 6.12. The van der Waals surface area contributed by atoms with E-state index in [1.165, 1.54) is 36.8 Å². The summed E-state index contributed by atoms with van der Waals surface area (Å²) >= 11 is 0. The maximum absolute atomic E-state index is 6.14. The summed E-state index contributed by atoms with van der Waals surface area (Å²) in [5.41, 5.74) is 8.97. The van der Waals surface area contributed by atoms with Gasteiger partial charge >= 0.3 is 0 Å². The molecule has 1 aromatic carbocycles. The highest BCUT2D eigenvalue weighted by Gasteiger charge is 2.39. The van der Waals surface area contributed by atoms with Crippen LogP contribution in [0.5, 0.6) is 5.75 Å². The zero-order valence-electron chi connectivity index (χ0n) is 11.3. The fraction of sp³-hybridized carbons (Fsp3) is 0.625. The molecule has 0 spiro atoms. The Bertz CT molecular complexity index is 474. The van der Waals surface area contributed by atoms with Gasteiger partial charge in [-0.1, -0.05) is 12.1 Å². The number of nitrogens with zero attached hydrogens (tertiary/aromatic N) is 1. The summed E-state index contributed by atoms with van der Waals surface area (Å²) < 4.78 is 5.58. The molecule has 2 bridgehead atoms. The van der Waals surface area contributed by atoms with E-state index in [4.69, 9.17) is 10.5 Å². The molecular weight excluding hydrogens is 236 g/mol. The normalized spacial score (nSPS) is 33.2. The van der Waals surface area contributed by atoms with Gasteiger partial charge in [-0.2, -0.15) is 0 Å². The lowest BCUT2D eigenvalue weighted by Gasteiger charge is -2.37. The third-order valence-electron chi connectivity index (χ3n) is 5.04. The lowest BCUT2D eigenvalue weighted by molar-refractivity contribution is 0.120. The first-order valence-electron chi connectivity index (χ1n) is 7.55. The molecular formula is C16H22N2O. The number of ether oxygens (including phenoxy) is 1. The number of piperidine rings is 1. The van der Waals surface area contributed by atoms with Crippen LogP contribution in [0.25, 0.3) is 0 Å². The number of benzene rings is 1. The average molecular weight is 258 g/mol. The minimum absolute atomic E-state index is 0.433. The van der Waals surface area contributed by atoms with Gasteiger partial charge in [0.05, 0.1) is 6.61 Å². The molecule has 102 valence electrons. The number of rotatable bonds is 2. The third-order valence-corrected chi connectivity index (χ3v) is 5.04. The maximum Gasteiger partial charge on any atom is 0.122 e.